The summed E-state index contributed by atoms with van der Waals surface area (Å²) in [5.41, 5.74) is 4.51. The highest BCUT2D eigenvalue weighted by Crippen LogP contribution is 2.18. The molecule has 0 bridgehead atoms. The van der Waals surface area contributed by atoms with Gasteiger partial charge in [-0.1, -0.05) is 53.6 Å². The lowest BCUT2D eigenvalue weighted by Gasteiger charge is -2.06. The van der Waals surface area contributed by atoms with Crippen LogP contribution in [0.2, 0.25) is 5.02 Å². The van der Waals surface area contributed by atoms with Crippen molar-refractivity contribution in [2.24, 2.45) is 0 Å². The molecule has 0 aliphatic heterocycles. The Balaban J connectivity index is 1.66. The quantitative estimate of drug-likeness (QED) is 0.758. The first-order chi connectivity index (χ1) is 10.7. The van der Waals surface area contributed by atoms with Gasteiger partial charge >= 0.3 is 0 Å². The van der Waals surface area contributed by atoms with E-state index in [1.807, 2.05) is 36.7 Å². The Morgan fingerprint density at radius 1 is 0.864 bits per heavy atom. The predicted molar refractivity (Wildman–Crippen MR) is 91.0 cm³/mol. The third-order valence-corrected chi connectivity index (χ3v) is 3.65. The van der Waals surface area contributed by atoms with Crippen LogP contribution in [-0.2, 0) is 6.54 Å². The average molecular weight is 310 g/mol. The molecule has 0 saturated heterocycles. The molecule has 22 heavy (non-hydrogen) atoms. The number of aromatic nitrogens is 2. The monoisotopic (exact) mass is 309 g/mol. The molecule has 0 unspecified atom stereocenters. The first-order valence-electron chi connectivity index (χ1n) is 7.08. The first kappa shape index (κ1) is 14.5. The molecule has 3 nitrogen and oxygen atoms in total. The molecule has 110 valence electrons. The molecule has 1 aromatic heterocycles. The van der Waals surface area contributed by atoms with Gasteiger partial charge in [-0.3, -0.25) is 0 Å². The Morgan fingerprint density at radius 2 is 1.50 bits per heavy atom. The average Bonchev–Trinajstić information content (AvgIpc) is 2.56. The molecular weight excluding hydrogens is 294 g/mol. The van der Waals surface area contributed by atoms with E-state index in [0.29, 0.717) is 12.5 Å². The summed E-state index contributed by atoms with van der Waals surface area (Å²) in [6, 6.07) is 16.0. The van der Waals surface area contributed by atoms with Crippen molar-refractivity contribution in [1.29, 1.82) is 0 Å². The minimum atomic E-state index is 0.616. The van der Waals surface area contributed by atoms with E-state index in [9.17, 15) is 0 Å². The molecule has 3 rings (SSSR count). The van der Waals surface area contributed by atoms with Crippen molar-refractivity contribution in [3.8, 4) is 11.1 Å². The molecule has 3 aromatic rings. The summed E-state index contributed by atoms with van der Waals surface area (Å²) in [6.07, 6.45) is 3.67. The van der Waals surface area contributed by atoms with Crippen LogP contribution in [0.4, 0.5) is 5.95 Å². The summed E-state index contributed by atoms with van der Waals surface area (Å²) in [7, 11) is 0. The molecule has 0 atom stereocenters. The number of benzene rings is 2. The van der Waals surface area contributed by atoms with Crippen molar-refractivity contribution < 1.29 is 0 Å². The van der Waals surface area contributed by atoms with Crippen molar-refractivity contribution in [2.75, 3.05) is 5.32 Å². The van der Waals surface area contributed by atoms with Gasteiger partial charge in [-0.15, -0.1) is 0 Å². The van der Waals surface area contributed by atoms with Crippen LogP contribution < -0.4 is 5.32 Å². The molecule has 4 heteroatoms. The van der Waals surface area contributed by atoms with Crippen LogP contribution in [-0.4, -0.2) is 9.97 Å². The largest absolute Gasteiger partial charge is 0.350 e. The first-order valence-corrected chi connectivity index (χ1v) is 7.46. The van der Waals surface area contributed by atoms with Gasteiger partial charge in [0.2, 0.25) is 5.95 Å². The van der Waals surface area contributed by atoms with Crippen molar-refractivity contribution in [1.82, 2.24) is 9.97 Å². The van der Waals surface area contributed by atoms with E-state index in [2.05, 4.69) is 46.5 Å². The molecule has 0 amide bonds. The van der Waals surface area contributed by atoms with Crippen molar-refractivity contribution in [2.45, 2.75) is 13.5 Å². The lowest BCUT2D eigenvalue weighted by molar-refractivity contribution is 1.06. The minimum absolute atomic E-state index is 0.616. The number of rotatable bonds is 4. The fraction of sp³-hybridized carbons (Fsp3) is 0.111. The summed E-state index contributed by atoms with van der Waals surface area (Å²) in [5.74, 6) is 0.616. The summed E-state index contributed by atoms with van der Waals surface area (Å²) in [6.45, 7) is 2.74. The topological polar surface area (TPSA) is 37.8 Å². The van der Waals surface area contributed by atoms with Gasteiger partial charge in [0.25, 0.3) is 0 Å². The van der Waals surface area contributed by atoms with E-state index in [0.717, 1.165) is 21.7 Å². The van der Waals surface area contributed by atoms with Gasteiger partial charge < -0.3 is 5.32 Å². The van der Waals surface area contributed by atoms with Crippen LogP contribution in [0.1, 0.15) is 11.1 Å². The smallest absolute Gasteiger partial charge is 0.222 e. The zero-order valence-electron chi connectivity index (χ0n) is 12.3. The van der Waals surface area contributed by atoms with Gasteiger partial charge in [0.05, 0.1) is 0 Å². The lowest BCUT2D eigenvalue weighted by atomic mass is 10.1. The standard InChI is InChI=1S/C18H16ClN3/c1-13-2-6-15(7-3-13)16-11-21-18(22-12-16)20-10-14-4-8-17(19)9-5-14/h2-9,11-12H,10H2,1H3,(H,20,21,22). The number of hydrogen-bond acceptors (Lipinski definition) is 3. The van der Waals surface area contributed by atoms with Gasteiger partial charge in [0, 0.05) is 29.5 Å². The molecule has 0 saturated carbocycles. The molecule has 0 spiro atoms. The highest BCUT2D eigenvalue weighted by atomic mass is 35.5. The van der Waals surface area contributed by atoms with E-state index in [4.69, 9.17) is 11.6 Å². The normalized spacial score (nSPS) is 10.5. The van der Waals surface area contributed by atoms with E-state index >= 15 is 0 Å². The van der Waals surface area contributed by atoms with Crippen LogP contribution in [0, 0.1) is 6.92 Å². The van der Waals surface area contributed by atoms with Crippen molar-refractivity contribution >= 4 is 17.5 Å². The number of aryl methyl sites for hydroxylation is 1. The number of hydrogen-bond donors (Lipinski definition) is 1. The second-order valence-electron chi connectivity index (χ2n) is 5.14. The maximum absolute atomic E-state index is 5.87. The lowest BCUT2D eigenvalue weighted by Crippen LogP contribution is -2.03. The fourth-order valence-corrected chi connectivity index (χ4v) is 2.22. The van der Waals surface area contributed by atoms with E-state index in [1.165, 1.54) is 5.56 Å². The maximum Gasteiger partial charge on any atom is 0.222 e. The summed E-state index contributed by atoms with van der Waals surface area (Å²) in [4.78, 5) is 8.72. The number of nitrogens with zero attached hydrogens (tertiary/aromatic N) is 2. The Kier molecular flexibility index (Phi) is 4.35. The molecule has 0 aliphatic rings. The molecule has 0 fully saturated rings. The molecule has 0 aliphatic carbocycles. The van der Waals surface area contributed by atoms with Crippen LogP contribution >= 0.6 is 11.6 Å². The molecule has 2 aromatic carbocycles. The second kappa shape index (κ2) is 6.58. The van der Waals surface area contributed by atoms with Gasteiger partial charge in [0.1, 0.15) is 0 Å². The molecule has 1 heterocycles. The van der Waals surface area contributed by atoms with Gasteiger partial charge in [-0.05, 0) is 30.2 Å². The maximum atomic E-state index is 5.87. The van der Waals surface area contributed by atoms with Crippen molar-refractivity contribution in [3.05, 3.63) is 77.1 Å². The van der Waals surface area contributed by atoms with Crippen LogP contribution in [0.15, 0.2) is 60.9 Å². The molecular formula is C18H16ClN3. The van der Waals surface area contributed by atoms with Crippen LogP contribution in [0.5, 0.6) is 0 Å². The SMILES string of the molecule is Cc1ccc(-c2cnc(NCc3ccc(Cl)cc3)nc2)cc1. The van der Waals surface area contributed by atoms with E-state index in [1.54, 1.807) is 0 Å². The second-order valence-corrected chi connectivity index (χ2v) is 5.58. The molecule has 1 N–H and O–H groups in total. The minimum Gasteiger partial charge on any atom is -0.350 e. The predicted octanol–water partition coefficient (Wildman–Crippen LogP) is 4.72. The van der Waals surface area contributed by atoms with Crippen LogP contribution in [0.25, 0.3) is 11.1 Å². The highest BCUT2D eigenvalue weighted by molar-refractivity contribution is 6.30. The van der Waals surface area contributed by atoms with Gasteiger partial charge in [-0.25, -0.2) is 9.97 Å². The summed E-state index contributed by atoms with van der Waals surface area (Å²) in [5, 5.41) is 3.94. The van der Waals surface area contributed by atoms with Gasteiger partial charge in [-0.2, -0.15) is 0 Å². The zero-order chi connectivity index (χ0) is 15.4. The number of nitrogens with one attached hydrogen (secondary N) is 1. The third-order valence-electron chi connectivity index (χ3n) is 3.40. The number of anilines is 1. The Morgan fingerprint density at radius 3 is 2.14 bits per heavy atom. The fourth-order valence-electron chi connectivity index (χ4n) is 2.10. The van der Waals surface area contributed by atoms with E-state index in [-0.39, 0.29) is 0 Å². The Bertz CT molecular complexity index is 735. The Labute approximate surface area is 135 Å². The third kappa shape index (κ3) is 3.62. The van der Waals surface area contributed by atoms with Crippen molar-refractivity contribution in [3.63, 3.8) is 0 Å². The molecule has 0 radical (unpaired) electrons. The van der Waals surface area contributed by atoms with Gasteiger partial charge in [0.15, 0.2) is 0 Å². The Hall–Kier alpha value is -2.39. The zero-order valence-corrected chi connectivity index (χ0v) is 13.0. The van der Waals surface area contributed by atoms with Crippen LogP contribution in [0.3, 0.4) is 0 Å². The number of halogens is 1. The summed E-state index contributed by atoms with van der Waals surface area (Å²) < 4.78 is 0. The highest BCUT2D eigenvalue weighted by Gasteiger charge is 2.01. The van der Waals surface area contributed by atoms with E-state index < -0.39 is 0 Å². The summed E-state index contributed by atoms with van der Waals surface area (Å²) >= 11 is 5.87.